The number of benzene rings is 1. The Morgan fingerprint density at radius 2 is 1.92 bits per heavy atom. The van der Waals surface area contributed by atoms with Gasteiger partial charge in [-0.15, -0.1) is 0 Å². The van der Waals surface area contributed by atoms with Gasteiger partial charge in [-0.25, -0.2) is 0 Å². The van der Waals surface area contributed by atoms with Gasteiger partial charge in [0.05, 0.1) is 12.3 Å². The zero-order chi connectivity index (χ0) is 16.9. The summed E-state index contributed by atoms with van der Waals surface area (Å²) in [7, 11) is 0. The minimum absolute atomic E-state index is 0.161. The Labute approximate surface area is 142 Å². The Kier molecular flexibility index (Phi) is 5.01. The summed E-state index contributed by atoms with van der Waals surface area (Å²) in [6, 6.07) is 12.0. The average Bonchev–Trinajstić information content (AvgIpc) is 3.17. The van der Waals surface area contributed by atoms with Crippen molar-refractivity contribution in [1.82, 2.24) is 15.5 Å². The fourth-order valence-corrected chi connectivity index (χ4v) is 2.58. The maximum Gasteiger partial charge on any atom is 0.152 e. The lowest BCUT2D eigenvalue weighted by Gasteiger charge is -2.14. The van der Waals surface area contributed by atoms with Crippen molar-refractivity contribution in [2.75, 3.05) is 0 Å². The maximum absolute atomic E-state index is 5.86. The zero-order valence-corrected chi connectivity index (χ0v) is 14.3. The Hall–Kier alpha value is -2.53. The van der Waals surface area contributed by atoms with Crippen molar-refractivity contribution in [3.05, 3.63) is 59.5 Å². The largest absolute Gasteiger partial charge is 0.491 e. The van der Waals surface area contributed by atoms with Crippen molar-refractivity contribution < 1.29 is 9.15 Å². The highest BCUT2D eigenvalue weighted by molar-refractivity contribution is 5.56. The number of para-hydroxylation sites is 1. The first-order valence-electron chi connectivity index (χ1n) is 8.18. The summed E-state index contributed by atoms with van der Waals surface area (Å²) in [6.07, 6.45) is 1.99. The van der Waals surface area contributed by atoms with Gasteiger partial charge in [0.25, 0.3) is 0 Å². The molecule has 1 aromatic carbocycles. The van der Waals surface area contributed by atoms with Crippen molar-refractivity contribution in [3.8, 4) is 17.2 Å². The second kappa shape index (κ2) is 7.36. The highest BCUT2D eigenvalue weighted by Crippen LogP contribution is 2.24. The lowest BCUT2D eigenvalue weighted by atomic mass is 10.1. The first kappa shape index (κ1) is 16.3. The third-order valence-corrected chi connectivity index (χ3v) is 3.67. The zero-order valence-electron chi connectivity index (χ0n) is 14.3. The van der Waals surface area contributed by atoms with Crippen LogP contribution in [0.4, 0.5) is 0 Å². The molecule has 0 saturated carbocycles. The lowest BCUT2D eigenvalue weighted by molar-refractivity contribution is 0.239. The quantitative estimate of drug-likeness (QED) is 0.688. The molecule has 0 aliphatic carbocycles. The number of furan rings is 1. The number of aromatic amines is 1. The van der Waals surface area contributed by atoms with E-state index in [2.05, 4.69) is 21.6 Å². The number of aromatic nitrogens is 2. The van der Waals surface area contributed by atoms with Crippen LogP contribution in [-0.2, 0) is 13.1 Å². The highest BCUT2D eigenvalue weighted by atomic mass is 16.5. The van der Waals surface area contributed by atoms with Gasteiger partial charge in [0.15, 0.2) is 5.76 Å². The summed E-state index contributed by atoms with van der Waals surface area (Å²) in [5.74, 6) is 2.62. The predicted octanol–water partition coefficient (Wildman–Crippen LogP) is 4.06. The van der Waals surface area contributed by atoms with E-state index in [1.165, 1.54) is 0 Å². The number of nitrogens with zero attached hydrogens (tertiary/aromatic N) is 1. The van der Waals surface area contributed by atoms with Crippen molar-refractivity contribution in [1.29, 1.82) is 0 Å². The van der Waals surface area contributed by atoms with Crippen molar-refractivity contribution in [2.45, 2.75) is 40.0 Å². The molecule has 2 aromatic heterocycles. The fourth-order valence-electron chi connectivity index (χ4n) is 2.58. The normalized spacial score (nSPS) is 11.2. The molecule has 5 nitrogen and oxygen atoms in total. The summed E-state index contributed by atoms with van der Waals surface area (Å²) >= 11 is 0. The standard InChI is InChI=1S/C19H23N3O2/c1-13(2)23-17-7-5-4-6-15(17)10-20-11-16-12-21-22-19(16)18-9-8-14(3)24-18/h4-9,12-13,20H,10-11H2,1-3H3,(H,21,22). The number of nitrogens with one attached hydrogen (secondary N) is 2. The number of hydrogen-bond acceptors (Lipinski definition) is 4. The third-order valence-electron chi connectivity index (χ3n) is 3.67. The van der Waals surface area contributed by atoms with Crippen LogP contribution < -0.4 is 10.1 Å². The van der Waals surface area contributed by atoms with E-state index in [9.17, 15) is 0 Å². The summed E-state index contributed by atoms with van der Waals surface area (Å²) in [4.78, 5) is 0. The number of rotatable bonds is 7. The Balaban J connectivity index is 1.65. The van der Waals surface area contributed by atoms with Gasteiger partial charge in [0.2, 0.25) is 0 Å². The van der Waals surface area contributed by atoms with Crippen LogP contribution in [0.25, 0.3) is 11.5 Å². The molecule has 126 valence electrons. The smallest absolute Gasteiger partial charge is 0.152 e. The number of H-pyrrole nitrogens is 1. The first-order chi connectivity index (χ1) is 11.6. The lowest BCUT2D eigenvalue weighted by Crippen LogP contribution is -2.15. The minimum Gasteiger partial charge on any atom is -0.491 e. The van der Waals surface area contributed by atoms with E-state index >= 15 is 0 Å². The molecule has 0 amide bonds. The van der Waals surface area contributed by atoms with E-state index in [1.807, 2.05) is 57.3 Å². The SMILES string of the molecule is Cc1ccc(-c2[nH]ncc2CNCc2ccccc2OC(C)C)o1. The summed E-state index contributed by atoms with van der Waals surface area (Å²) in [5.41, 5.74) is 3.14. The van der Waals surface area contributed by atoms with Crippen LogP contribution in [0, 0.1) is 6.92 Å². The molecule has 0 fully saturated rings. The Morgan fingerprint density at radius 3 is 2.67 bits per heavy atom. The molecule has 0 radical (unpaired) electrons. The molecule has 2 heterocycles. The minimum atomic E-state index is 0.161. The topological polar surface area (TPSA) is 63.1 Å². The van der Waals surface area contributed by atoms with Crippen molar-refractivity contribution in [2.24, 2.45) is 0 Å². The van der Waals surface area contributed by atoms with E-state index in [1.54, 1.807) is 0 Å². The molecule has 3 rings (SSSR count). The van der Waals surface area contributed by atoms with Gasteiger partial charge in [0.1, 0.15) is 17.2 Å². The molecule has 0 aliphatic rings. The number of hydrogen-bond donors (Lipinski definition) is 2. The molecule has 3 aromatic rings. The van der Waals surface area contributed by atoms with Gasteiger partial charge < -0.3 is 14.5 Å². The predicted molar refractivity (Wildman–Crippen MR) is 93.8 cm³/mol. The van der Waals surface area contributed by atoms with E-state index in [4.69, 9.17) is 9.15 Å². The molecular formula is C19H23N3O2. The van der Waals surface area contributed by atoms with Gasteiger partial charge in [-0.3, -0.25) is 5.10 Å². The van der Waals surface area contributed by atoms with E-state index in [-0.39, 0.29) is 6.10 Å². The van der Waals surface area contributed by atoms with E-state index < -0.39 is 0 Å². The molecule has 24 heavy (non-hydrogen) atoms. The maximum atomic E-state index is 5.86. The summed E-state index contributed by atoms with van der Waals surface area (Å²) in [6.45, 7) is 7.43. The molecule has 0 atom stereocenters. The van der Waals surface area contributed by atoms with Gasteiger partial charge in [0, 0.05) is 24.2 Å². The monoisotopic (exact) mass is 325 g/mol. The average molecular weight is 325 g/mol. The van der Waals surface area contributed by atoms with Gasteiger partial charge in [-0.2, -0.15) is 5.10 Å². The molecule has 0 spiro atoms. The summed E-state index contributed by atoms with van der Waals surface area (Å²) in [5, 5.41) is 10.6. The molecule has 0 aliphatic heterocycles. The molecule has 5 heteroatoms. The Bertz CT molecular complexity index is 789. The number of aryl methyl sites for hydroxylation is 1. The number of ether oxygens (including phenoxy) is 1. The highest BCUT2D eigenvalue weighted by Gasteiger charge is 2.11. The van der Waals surface area contributed by atoms with Crippen LogP contribution in [0.2, 0.25) is 0 Å². The van der Waals surface area contributed by atoms with Crippen molar-refractivity contribution in [3.63, 3.8) is 0 Å². The molecule has 0 saturated heterocycles. The first-order valence-corrected chi connectivity index (χ1v) is 8.18. The molecular weight excluding hydrogens is 302 g/mol. The molecule has 2 N–H and O–H groups in total. The van der Waals surface area contributed by atoms with E-state index in [0.29, 0.717) is 6.54 Å². The second-order valence-electron chi connectivity index (χ2n) is 6.06. The van der Waals surface area contributed by atoms with Crippen LogP contribution >= 0.6 is 0 Å². The fraction of sp³-hybridized carbons (Fsp3) is 0.316. The van der Waals surface area contributed by atoms with Gasteiger partial charge in [-0.1, -0.05) is 18.2 Å². The molecule has 0 bridgehead atoms. The van der Waals surface area contributed by atoms with Gasteiger partial charge in [-0.05, 0) is 39.0 Å². The summed E-state index contributed by atoms with van der Waals surface area (Å²) < 4.78 is 11.5. The molecule has 0 unspecified atom stereocenters. The van der Waals surface area contributed by atoms with Crippen LogP contribution in [0.5, 0.6) is 5.75 Å². The van der Waals surface area contributed by atoms with Crippen LogP contribution in [0.3, 0.4) is 0 Å². The second-order valence-corrected chi connectivity index (χ2v) is 6.06. The van der Waals surface area contributed by atoms with Crippen LogP contribution in [0.1, 0.15) is 30.7 Å². The van der Waals surface area contributed by atoms with E-state index in [0.717, 1.165) is 40.6 Å². The Morgan fingerprint density at radius 1 is 1.12 bits per heavy atom. The van der Waals surface area contributed by atoms with Crippen LogP contribution in [0.15, 0.2) is 47.0 Å². The van der Waals surface area contributed by atoms with Crippen LogP contribution in [-0.4, -0.2) is 16.3 Å². The van der Waals surface area contributed by atoms with Gasteiger partial charge >= 0.3 is 0 Å². The third kappa shape index (κ3) is 3.86. The van der Waals surface area contributed by atoms with Crippen molar-refractivity contribution >= 4 is 0 Å².